The van der Waals surface area contributed by atoms with Crippen LogP contribution < -0.4 is 0 Å². The molecular weight excluding hydrogens is 266 g/mol. The first kappa shape index (κ1) is 15.5. The molecule has 1 saturated carbocycles. The SMILES string of the molecule is CCCN(CC(=O)O)C(=O)CC1CC(c2ccccc2)C1. The van der Waals surface area contributed by atoms with Gasteiger partial charge in [-0.2, -0.15) is 0 Å². The van der Waals surface area contributed by atoms with E-state index in [-0.39, 0.29) is 12.5 Å². The van der Waals surface area contributed by atoms with Crippen LogP contribution in [0.1, 0.15) is 44.1 Å². The van der Waals surface area contributed by atoms with E-state index >= 15 is 0 Å². The number of carboxylic acids is 1. The molecule has 4 nitrogen and oxygen atoms in total. The second kappa shape index (κ2) is 7.25. The maximum Gasteiger partial charge on any atom is 0.323 e. The van der Waals surface area contributed by atoms with Crippen molar-refractivity contribution in [2.45, 2.75) is 38.5 Å². The lowest BCUT2D eigenvalue weighted by Crippen LogP contribution is -2.38. The molecule has 0 bridgehead atoms. The number of carboxylic acid groups (broad SMARTS) is 1. The van der Waals surface area contributed by atoms with Gasteiger partial charge in [0.1, 0.15) is 6.54 Å². The summed E-state index contributed by atoms with van der Waals surface area (Å²) in [7, 11) is 0. The highest BCUT2D eigenvalue weighted by molar-refractivity contribution is 5.81. The molecule has 0 spiro atoms. The zero-order valence-electron chi connectivity index (χ0n) is 12.5. The van der Waals surface area contributed by atoms with Crippen LogP contribution in [0.4, 0.5) is 0 Å². The maximum atomic E-state index is 12.2. The molecule has 1 amide bonds. The predicted molar refractivity (Wildman–Crippen MR) is 81.0 cm³/mol. The molecule has 0 aromatic heterocycles. The molecule has 0 atom stereocenters. The van der Waals surface area contributed by atoms with Gasteiger partial charge >= 0.3 is 5.97 Å². The number of hydrogen-bond acceptors (Lipinski definition) is 2. The van der Waals surface area contributed by atoms with E-state index in [1.54, 1.807) is 0 Å². The van der Waals surface area contributed by atoms with Crippen LogP contribution in [-0.2, 0) is 9.59 Å². The molecule has 1 aromatic rings. The Labute approximate surface area is 125 Å². The Morgan fingerprint density at radius 3 is 2.48 bits per heavy atom. The number of hydrogen-bond donors (Lipinski definition) is 1. The molecule has 0 saturated heterocycles. The van der Waals surface area contributed by atoms with Gasteiger partial charge in [0.2, 0.25) is 5.91 Å². The molecule has 4 heteroatoms. The first-order valence-electron chi connectivity index (χ1n) is 7.64. The fourth-order valence-corrected chi connectivity index (χ4v) is 3.00. The van der Waals surface area contributed by atoms with E-state index in [1.165, 1.54) is 10.5 Å². The molecule has 1 aliphatic rings. The Morgan fingerprint density at radius 2 is 1.90 bits per heavy atom. The Kier molecular flexibility index (Phi) is 5.37. The Morgan fingerprint density at radius 1 is 1.24 bits per heavy atom. The summed E-state index contributed by atoms with van der Waals surface area (Å²) in [4.78, 5) is 24.4. The minimum atomic E-state index is -0.937. The van der Waals surface area contributed by atoms with Gasteiger partial charge in [0.05, 0.1) is 0 Å². The standard InChI is InChI=1S/C17H23NO3/c1-2-8-18(12-17(20)21)16(19)11-13-9-15(10-13)14-6-4-3-5-7-14/h3-7,13,15H,2,8-12H2,1H3,(H,20,21). The van der Waals surface area contributed by atoms with Crippen molar-refractivity contribution in [2.75, 3.05) is 13.1 Å². The summed E-state index contributed by atoms with van der Waals surface area (Å²) in [6, 6.07) is 10.4. The number of nitrogens with zero attached hydrogens (tertiary/aromatic N) is 1. The minimum Gasteiger partial charge on any atom is -0.480 e. The van der Waals surface area contributed by atoms with Crippen molar-refractivity contribution in [3.8, 4) is 0 Å². The monoisotopic (exact) mass is 289 g/mol. The van der Waals surface area contributed by atoms with Gasteiger partial charge < -0.3 is 10.0 Å². The lowest BCUT2D eigenvalue weighted by Gasteiger charge is -2.36. The van der Waals surface area contributed by atoms with Crippen molar-refractivity contribution in [1.82, 2.24) is 4.90 Å². The van der Waals surface area contributed by atoms with Crippen molar-refractivity contribution in [2.24, 2.45) is 5.92 Å². The second-order valence-corrected chi connectivity index (χ2v) is 5.86. The summed E-state index contributed by atoms with van der Waals surface area (Å²) < 4.78 is 0. The lowest BCUT2D eigenvalue weighted by molar-refractivity contribution is -0.145. The molecule has 0 radical (unpaired) electrons. The maximum absolute atomic E-state index is 12.2. The van der Waals surface area contributed by atoms with Crippen molar-refractivity contribution in [3.63, 3.8) is 0 Å². The number of rotatable bonds is 7. The lowest BCUT2D eigenvalue weighted by atomic mass is 9.70. The van der Waals surface area contributed by atoms with Crippen molar-refractivity contribution in [1.29, 1.82) is 0 Å². The van der Waals surface area contributed by atoms with Crippen molar-refractivity contribution < 1.29 is 14.7 Å². The molecule has 2 rings (SSSR count). The summed E-state index contributed by atoms with van der Waals surface area (Å²) in [5.74, 6) is 0.00212. The fourth-order valence-electron chi connectivity index (χ4n) is 3.00. The Balaban J connectivity index is 1.80. The van der Waals surface area contributed by atoms with Crippen molar-refractivity contribution in [3.05, 3.63) is 35.9 Å². The van der Waals surface area contributed by atoms with Crippen LogP contribution in [-0.4, -0.2) is 35.0 Å². The number of benzene rings is 1. The summed E-state index contributed by atoms with van der Waals surface area (Å²) in [6.45, 7) is 2.30. The van der Waals surface area contributed by atoms with E-state index in [0.717, 1.165) is 19.3 Å². The van der Waals surface area contributed by atoms with Crippen LogP contribution in [0.3, 0.4) is 0 Å². The number of amides is 1. The van der Waals surface area contributed by atoms with Gasteiger partial charge in [-0.3, -0.25) is 9.59 Å². The van der Waals surface area contributed by atoms with Gasteiger partial charge in [-0.1, -0.05) is 37.3 Å². The molecule has 0 unspecified atom stereocenters. The van der Waals surface area contributed by atoms with Crippen LogP contribution in [0.15, 0.2) is 30.3 Å². The predicted octanol–water partition coefficient (Wildman–Crippen LogP) is 2.89. The molecule has 1 aliphatic carbocycles. The summed E-state index contributed by atoms with van der Waals surface area (Å²) in [5, 5.41) is 8.86. The topological polar surface area (TPSA) is 57.6 Å². The third-order valence-electron chi connectivity index (χ3n) is 4.14. The van der Waals surface area contributed by atoms with Crippen LogP contribution in [0.2, 0.25) is 0 Å². The van der Waals surface area contributed by atoms with Gasteiger partial charge in [0, 0.05) is 13.0 Å². The van der Waals surface area contributed by atoms with E-state index in [0.29, 0.717) is 24.8 Å². The zero-order valence-corrected chi connectivity index (χ0v) is 12.5. The second-order valence-electron chi connectivity index (χ2n) is 5.86. The van der Waals surface area contributed by atoms with Crippen LogP contribution >= 0.6 is 0 Å². The molecule has 1 aromatic carbocycles. The number of carbonyl (C=O) groups is 2. The normalized spacial score (nSPS) is 20.6. The van der Waals surface area contributed by atoms with Gasteiger partial charge in [0.15, 0.2) is 0 Å². The van der Waals surface area contributed by atoms with Gasteiger partial charge in [-0.05, 0) is 36.7 Å². The number of carbonyl (C=O) groups excluding carboxylic acids is 1. The van der Waals surface area contributed by atoms with E-state index in [9.17, 15) is 9.59 Å². The minimum absolute atomic E-state index is 0.0178. The van der Waals surface area contributed by atoms with Gasteiger partial charge in [0.25, 0.3) is 0 Å². The van der Waals surface area contributed by atoms with E-state index in [1.807, 2.05) is 25.1 Å². The third kappa shape index (κ3) is 4.31. The summed E-state index contributed by atoms with van der Waals surface area (Å²) in [6.07, 6.45) is 3.33. The summed E-state index contributed by atoms with van der Waals surface area (Å²) >= 11 is 0. The van der Waals surface area contributed by atoms with E-state index in [2.05, 4.69) is 12.1 Å². The Hall–Kier alpha value is -1.84. The van der Waals surface area contributed by atoms with E-state index < -0.39 is 5.97 Å². The Bertz CT molecular complexity index is 480. The molecular formula is C17H23NO3. The summed E-state index contributed by atoms with van der Waals surface area (Å²) in [5.41, 5.74) is 1.34. The molecule has 1 N–H and O–H groups in total. The first-order valence-corrected chi connectivity index (χ1v) is 7.64. The van der Waals surface area contributed by atoms with Crippen molar-refractivity contribution >= 4 is 11.9 Å². The highest BCUT2D eigenvalue weighted by Crippen LogP contribution is 2.43. The first-order chi connectivity index (χ1) is 10.1. The molecule has 0 aliphatic heterocycles. The quantitative estimate of drug-likeness (QED) is 0.839. The van der Waals surface area contributed by atoms with Crippen LogP contribution in [0.5, 0.6) is 0 Å². The number of aliphatic carboxylic acids is 1. The highest BCUT2D eigenvalue weighted by atomic mass is 16.4. The van der Waals surface area contributed by atoms with Gasteiger partial charge in [-0.15, -0.1) is 0 Å². The van der Waals surface area contributed by atoms with Crippen LogP contribution in [0.25, 0.3) is 0 Å². The van der Waals surface area contributed by atoms with E-state index in [4.69, 9.17) is 5.11 Å². The largest absolute Gasteiger partial charge is 0.480 e. The molecule has 21 heavy (non-hydrogen) atoms. The molecule has 0 heterocycles. The van der Waals surface area contributed by atoms with Crippen LogP contribution in [0, 0.1) is 5.92 Å². The smallest absolute Gasteiger partial charge is 0.323 e. The fraction of sp³-hybridized carbons (Fsp3) is 0.529. The highest BCUT2D eigenvalue weighted by Gasteiger charge is 2.32. The van der Waals surface area contributed by atoms with Gasteiger partial charge in [-0.25, -0.2) is 0 Å². The average molecular weight is 289 g/mol. The average Bonchev–Trinajstić information content (AvgIpc) is 2.42. The molecule has 114 valence electrons. The third-order valence-corrected chi connectivity index (χ3v) is 4.14. The molecule has 1 fully saturated rings. The zero-order chi connectivity index (χ0) is 15.2.